The van der Waals surface area contributed by atoms with Crippen LogP contribution in [0.25, 0.3) is 0 Å². The number of aliphatic hydroxyl groups is 1. The Morgan fingerprint density at radius 3 is 2.60 bits per heavy atom. The fourth-order valence-corrected chi connectivity index (χ4v) is 1.46. The maximum Gasteiger partial charge on any atom is 0.129 e. The molecule has 1 aromatic rings. The maximum atomic E-state index is 8.98. The van der Waals surface area contributed by atoms with Gasteiger partial charge >= 0.3 is 0 Å². The molecule has 0 bridgehead atoms. The fourth-order valence-electron chi connectivity index (χ4n) is 1.46. The van der Waals surface area contributed by atoms with Crippen LogP contribution >= 0.6 is 0 Å². The highest BCUT2D eigenvalue weighted by Crippen LogP contribution is 2.17. The average molecular weight is 209 g/mol. The molecule has 0 radical (unpaired) electrons. The topological polar surface area (TPSA) is 62.4 Å². The van der Waals surface area contributed by atoms with Crippen molar-refractivity contribution in [3.05, 3.63) is 17.8 Å². The Balaban J connectivity index is 2.95. The van der Waals surface area contributed by atoms with E-state index in [9.17, 15) is 0 Å². The second-order valence-electron chi connectivity index (χ2n) is 3.85. The fraction of sp³-hybridized carbons (Fsp3) is 0.545. The number of aliphatic hydroxyl groups excluding tert-OH is 1. The lowest BCUT2D eigenvalue weighted by molar-refractivity contribution is 0.298. The molecule has 3 N–H and O–H groups in total. The van der Waals surface area contributed by atoms with Crippen molar-refractivity contribution in [2.24, 2.45) is 0 Å². The zero-order chi connectivity index (χ0) is 11.4. The second-order valence-corrected chi connectivity index (χ2v) is 3.85. The molecule has 0 aliphatic heterocycles. The number of rotatable bonds is 4. The number of aromatic nitrogens is 1. The third-order valence-corrected chi connectivity index (χ3v) is 2.37. The monoisotopic (exact) mass is 209 g/mol. The van der Waals surface area contributed by atoms with Crippen molar-refractivity contribution in [2.75, 3.05) is 23.8 Å². The van der Waals surface area contributed by atoms with Gasteiger partial charge in [-0.1, -0.05) is 0 Å². The zero-order valence-electron chi connectivity index (χ0n) is 9.57. The highest BCUT2D eigenvalue weighted by molar-refractivity contribution is 5.50. The Kier molecular flexibility index (Phi) is 3.91. The molecule has 0 aliphatic carbocycles. The van der Waals surface area contributed by atoms with Crippen molar-refractivity contribution in [1.82, 2.24) is 4.98 Å². The Morgan fingerprint density at radius 2 is 2.13 bits per heavy atom. The molecule has 0 spiro atoms. The zero-order valence-corrected chi connectivity index (χ0v) is 9.57. The maximum absolute atomic E-state index is 8.98. The van der Waals surface area contributed by atoms with Gasteiger partial charge in [0, 0.05) is 12.6 Å². The van der Waals surface area contributed by atoms with E-state index >= 15 is 0 Å². The van der Waals surface area contributed by atoms with Crippen LogP contribution in [0.1, 0.15) is 19.5 Å². The van der Waals surface area contributed by atoms with Gasteiger partial charge in [-0.05, 0) is 32.9 Å². The summed E-state index contributed by atoms with van der Waals surface area (Å²) in [6.45, 7) is 6.75. The van der Waals surface area contributed by atoms with Crippen molar-refractivity contribution in [3.63, 3.8) is 0 Å². The van der Waals surface area contributed by atoms with E-state index in [1.165, 1.54) is 0 Å². The lowest BCUT2D eigenvalue weighted by Gasteiger charge is -2.27. The van der Waals surface area contributed by atoms with E-state index in [-0.39, 0.29) is 6.61 Å². The van der Waals surface area contributed by atoms with Gasteiger partial charge in [-0.3, -0.25) is 0 Å². The first-order chi connectivity index (χ1) is 7.06. The minimum Gasteiger partial charge on any atom is -0.397 e. The second kappa shape index (κ2) is 4.98. The van der Waals surface area contributed by atoms with Crippen molar-refractivity contribution in [2.45, 2.75) is 26.8 Å². The van der Waals surface area contributed by atoms with Crippen LogP contribution in [-0.4, -0.2) is 29.3 Å². The number of anilines is 2. The Hall–Kier alpha value is -1.29. The standard InChI is InChI=1S/C11H19N3O/c1-8(2)14(6-7-15)11-5-4-10(12)9(3)13-11/h4-5,8,15H,6-7,12H2,1-3H3. The average Bonchev–Trinajstić information content (AvgIpc) is 2.18. The molecule has 1 heterocycles. The van der Waals surface area contributed by atoms with E-state index in [1.54, 1.807) is 0 Å². The number of aryl methyl sites for hydroxylation is 1. The van der Waals surface area contributed by atoms with Crippen molar-refractivity contribution < 1.29 is 5.11 Å². The van der Waals surface area contributed by atoms with Gasteiger partial charge in [-0.15, -0.1) is 0 Å². The molecule has 0 saturated heterocycles. The van der Waals surface area contributed by atoms with E-state index in [1.807, 2.05) is 24.0 Å². The molecule has 4 nitrogen and oxygen atoms in total. The summed E-state index contributed by atoms with van der Waals surface area (Å²) in [7, 11) is 0. The minimum atomic E-state index is 0.128. The molecule has 4 heteroatoms. The highest BCUT2D eigenvalue weighted by atomic mass is 16.3. The summed E-state index contributed by atoms with van der Waals surface area (Å²) in [5.74, 6) is 0.866. The van der Waals surface area contributed by atoms with Crippen LogP contribution in [0.4, 0.5) is 11.5 Å². The summed E-state index contributed by atoms with van der Waals surface area (Å²) < 4.78 is 0. The Labute approximate surface area is 90.7 Å². The van der Waals surface area contributed by atoms with Crippen LogP contribution in [0.3, 0.4) is 0 Å². The first-order valence-corrected chi connectivity index (χ1v) is 5.17. The van der Waals surface area contributed by atoms with E-state index in [0.717, 1.165) is 11.5 Å². The smallest absolute Gasteiger partial charge is 0.129 e. The Morgan fingerprint density at radius 1 is 1.47 bits per heavy atom. The first kappa shape index (κ1) is 11.8. The van der Waals surface area contributed by atoms with Gasteiger partial charge in [-0.2, -0.15) is 0 Å². The van der Waals surface area contributed by atoms with Crippen LogP contribution in [0.2, 0.25) is 0 Å². The van der Waals surface area contributed by atoms with E-state index in [0.29, 0.717) is 18.3 Å². The molecule has 0 aliphatic rings. The summed E-state index contributed by atoms with van der Waals surface area (Å²) in [6, 6.07) is 4.05. The van der Waals surface area contributed by atoms with Gasteiger partial charge in [0.05, 0.1) is 18.0 Å². The summed E-state index contributed by atoms with van der Waals surface area (Å²) in [5.41, 5.74) is 7.24. The van der Waals surface area contributed by atoms with Crippen molar-refractivity contribution in [1.29, 1.82) is 0 Å². The third-order valence-electron chi connectivity index (χ3n) is 2.37. The number of hydrogen-bond donors (Lipinski definition) is 2. The molecule has 0 saturated carbocycles. The lowest BCUT2D eigenvalue weighted by Crippen LogP contribution is -2.34. The van der Waals surface area contributed by atoms with Gasteiger partial charge in [0.15, 0.2) is 0 Å². The molecule has 84 valence electrons. The molecule has 0 atom stereocenters. The molecule has 1 rings (SSSR count). The quantitative estimate of drug-likeness (QED) is 0.781. The van der Waals surface area contributed by atoms with Gasteiger partial charge in [-0.25, -0.2) is 4.98 Å². The summed E-state index contributed by atoms with van der Waals surface area (Å²) in [5, 5.41) is 8.98. The van der Waals surface area contributed by atoms with Gasteiger partial charge in [0.2, 0.25) is 0 Å². The first-order valence-electron chi connectivity index (χ1n) is 5.17. The van der Waals surface area contributed by atoms with E-state index in [2.05, 4.69) is 18.8 Å². The van der Waals surface area contributed by atoms with Gasteiger partial charge in [0.1, 0.15) is 5.82 Å². The lowest BCUT2D eigenvalue weighted by atomic mass is 10.2. The summed E-state index contributed by atoms with van der Waals surface area (Å²) in [4.78, 5) is 6.45. The number of nitrogen functional groups attached to an aromatic ring is 1. The van der Waals surface area contributed by atoms with Crippen LogP contribution < -0.4 is 10.6 Å². The molecule has 0 unspecified atom stereocenters. The van der Waals surface area contributed by atoms with Crippen molar-refractivity contribution in [3.8, 4) is 0 Å². The van der Waals surface area contributed by atoms with E-state index < -0.39 is 0 Å². The molecule has 1 aromatic heterocycles. The van der Waals surface area contributed by atoms with Crippen LogP contribution in [-0.2, 0) is 0 Å². The highest BCUT2D eigenvalue weighted by Gasteiger charge is 2.11. The normalized spacial score (nSPS) is 10.7. The molecular formula is C11H19N3O. The van der Waals surface area contributed by atoms with Gasteiger partial charge < -0.3 is 15.7 Å². The third kappa shape index (κ3) is 2.83. The van der Waals surface area contributed by atoms with Crippen LogP contribution in [0, 0.1) is 6.92 Å². The van der Waals surface area contributed by atoms with Crippen molar-refractivity contribution >= 4 is 11.5 Å². The number of hydrogen-bond acceptors (Lipinski definition) is 4. The molecule has 0 fully saturated rings. The van der Waals surface area contributed by atoms with E-state index in [4.69, 9.17) is 10.8 Å². The molecule has 0 aromatic carbocycles. The van der Waals surface area contributed by atoms with Crippen LogP contribution in [0.5, 0.6) is 0 Å². The molecule has 0 amide bonds. The number of nitrogens with zero attached hydrogens (tertiary/aromatic N) is 2. The number of nitrogens with two attached hydrogens (primary N) is 1. The number of pyridine rings is 1. The van der Waals surface area contributed by atoms with Crippen LogP contribution in [0.15, 0.2) is 12.1 Å². The molecular weight excluding hydrogens is 190 g/mol. The molecule has 15 heavy (non-hydrogen) atoms. The SMILES string of the molecule is Cc1nc(N(CCO)C(C)C)ccc1N. The predicted molar refractivity (Wildman–Crippen MR) is 63.0 cm³/mol. The van der Waals surface area contributed by atoms with Gasteiger partial charge in [0.25, 0.3) is 0 Å². The summed E-state index contributed by atoms with van der Waals surface area (Å²) in [6.07, 6.45) is 0. The Bertz CT molecular complexity index is 326. The predicted octanol–water partition coefficient (Wildman–Crippen LogP) is 1.18. The minimum absolute atomic E-state index is 0.128. The largest absolute Gasteiger partial charge is 0.397 e. The summed E-state index contributed by atoms with van der Waals surface area (Å²) >= 11 is 0.